The molecule has 0 unspecified atom stereocenters. The molecule has 1 aliphatic heterocycles. The molecule has 0 fully saturated rings. The lowest BCUT2D eigenvalue weighted by atomic mass is 9.94. The predicted octanol–water partition coefficient (Wildman–Crippen LogP) is 11.2. The number of nitrogens with zero attached hydrogens (tertiary/aromatic N) is 1. The minimum atomic E-state index is 0.948. The summed E-state index contributed by atoms with van der Waals surface area (Å²) in [7, 11) is 0. The number of rotatable bonds is 10. The normalized spacial score (nSPS) is 12.6. The summed E-state index contributed by atoms with van der Waals surface area (Å²) in [5.41, 5.74) is 9.24. The topological polar surface area (TPSA) is 12.4 Å². The van der Waals surface area contributed by atoms with E-state index in [-0.39, 0.29) is 0 Å². The van der Waals surface area contributed by atoms with Crippen LogP contribution in [0.1, 0.15) is 97.6 Å². The van der Waals surface area contributed by atoms with Crippen LogP contribution in [0.5, 0.6) is 0 Å². The van der Waals surface area contributed by atoms with Crippen LogP contribution in [0, 0.1) is 0 Å². The monoisotopic (exact) mass is 503 g/mol. The van der Waals surface area contributed by atoms with Crippen molar-refractivity contribution in [2.45, 2.75) is 97.8 Å². The zero-order chi connectivity index (χ0) is 26.8. The van der Waals surface area contributed by atoms with Crippen LogP contribution >= 0.6 is 11.8 Å². The highest BCUT2D eigenvalue weighted by molar-refractivity contribution is 7.98. The molecule has 0 radical (unpaired) electrons. The van der Waals surface area contributed by atoms with Gasteiger partial charge >= 0.3 is 0 Å². The van der Waals surface area contributed by atoms with E-state index in [1.807, 2.05) is 12.3 Å². The third-order valence-electron chi connectivity index (χ3n) is 6.58. The second-order valence-electron chi connectivity index (χ2n) is 9.17. The Balaban J connectivity index is 0.000000358. The molecule has 1 aliphatic rings. The molecule has 3 rings (SSSR count). The Morgan fingerprint density at radius 1 is 0.944 bits per heavy atom. The lowest BCUT2D eigenvalue weighted by Gasteiger charge is -2.13. The van der Waals surface area contributed by atoms with Gasteiger partial charge in [-0.25, -0.2) is 0 Å². The van der Waals surface area contributed by atoms with Crippen molar-refractivity contribution in [3.63, 3.8) is 0 Å². The number of hydrogen-bond acceptors (Lipinski definition) is 2. The first-order valence-electron chi connectivity index (χ1n) is 13.7. The average molecular weight is 504 g/mol. The summed E-state index contributed by atoms with van der Waals surface area (Å²) < 4.78 is 0. The molecule has 0 N–H and O–H groups in total. The number of aliphatic imine (C=N–C) groups is 1. The molecule has 2 aromatic carbocycles. The Morgan fingerprint density at radius 2 is 1.64 bits per heavy atom. The second-order valence-corrected chi connectivity index (χ2v) is 10.0. The van der Waals surface area contributed by atoms with E-state index in [0.29, 0.717) is 0 Å². The third kappa shape index (κ3) is 10.7. The summed E-state index contributed by atoms with van der Waals surface area (Å²) >= 11 is 1.81. The van der Waals surface area contributed by atoms with Gasteiger partial charge in [0.1, 0.15) is 0 Å². The molecule has 0 amide bonds. The molecule has 0 spiro atoms. The first kappa shape index (κ1) is 31.7. The van der Waals surface area contributed by atoms with Gasteiger partial charge in [0, 0.05) is 17.5 Å². The summed E-state index contributed by atoms with van der Waals surface area (Å²) in [6, 6.07) is 15.4. The molecule has 0 saturated carbocycles. The predicted molar refractivity (Wildman–Crippen MR) is 167 cm³/mol. The van der Waals surface area contributed by atoms with Crippen LogP contribution in [0.3, 0.4) is 0 Å². The lowest BCUT2D eigenvalue weighted by Crippen LogP contribution is -1.99. The first-order chi connectivity index (χ1) is 17.5. The van der Waals surface area contributed by atoms with Crippen molar-refractivity contribution in [3.8, 4) is 11.1 Å². The number of aryl methyl sites for hydroxylation is 1. The highest BCUT2D eigenvalue weighted by atomic mass is 32.2. The first-order valence-corrected chi connectivity index (χ1v) is 15.0. The zero-order valence-electron chi connectivity index (χ0n) is 24.0. The van der Waals surface area contributed by atoms with Gasteiger partial charge in [0.2, 0.25) is 0 Å². The second kappa shape index (κ2) is 18.9. The van der Waals surface area contributed by atoms with Crippen molar-refractivity contribution in [1.29, 1.82) is 0 Å². The molecule has 0 saturated heterocycles. The average Bonchev–Trinajstić information content (AvgIpc) is 3.48. The van der Waals surface area contributed by atoms with E-state index in [2.05, 4.69) is 108 Å². The van der Waals surface area contributed by atoms with Crippen LogP contribution in [0.25, 0.3) is 11.1 Å². The Kier molecular flexibility index (Phi) is 16.6. The van der Waals surface area contributed by atoms with E-state index < -0.39 is 0 Å². The van der Waals surface area contributed by atoms with E-state index in [1.165, 1.54) is 76.1 Å². The Hall–Kier alpha value is -2.32. The van der Waals surface area contributed by atoms with Crippen molar-refractivity contribution < 1.29 is 0 Å². The van der Waals surface area contributed by atoms with Crippen molar-refractivity contribution >= 4 is 17.5 Å². The van der Waals surface area contributed by atoms with E-state index in [4.69, 9.17) is 0 Å². The molecule has 196 valence electrons. The fraction of sp³-hybridized carbons (Fsp3) is 0.441. The van der Waals surface area contributed by atoms with E-state index in [0.717, 1.165) is 19.3 Å². The SMILES string of the molecule is C=C/C(C)=C(/C)CC.CCCCCCC.CCc1cc(C2=NC=CC2)ccc1-c1ccccc1SC. The Bertz CT molecular complexity index is 1010. The molecule has 1 nitrogen and oxygen atoms in total. The fourth-order valence-corrected chi connectivity index (χ4v) is 4.49. The quantitative estimate of drug-likeness (QED) is 0.178. The van der Waals surface area contributed by atoms with Crippen molar-refractivity contribution in [2.24, 2.45) is 4.99 Å². The van der Waals surface area contributed by atoms with Gasteiger partial charge in [0.05, 0.1) is 5.71 Å². The van der Waals surface area contributed by atoms with E-state index in [1.54, 1.807) is 11.8 Å². The summed E-state index contributed by atoms with van der Waals surface area (Å²) in [4.78, 5) is 5.78. The summed E-state index contributed by atoms with van der Waals surface area (Å²) in [5, 5.41) is 0. The molecule has 0 bridgehead atoms. The van der Waals surface area contributed by atoms with Crippen molar-refractivity contribution in [1.82, 2.24) is 0 Å². The number of unbranched alkanes of at least 4 members (excludes halogenated alkanes) is 4. The summed E-state index contributed by atoms with van der Waals surface area (Å²) in [6.45, 7) is 16.8. The molecule has 2 aromatic rings. The molecule has 0 atom stereocenters. The summed E-state index contributed by atoms with van der Waals surface area (Å²) in [5.74, 6) is 0. The van der Waals surface area contributed by atoms with Crippen LogP contribution in [-0.2, 0) is 6.42 Å². The smallest absolute Gasteiger partial charge is 0.0514 e. The van der Waals surface area contributed by atoms with Gasteiger partial charge in [-0.1, -0.05) is 120 Å². The molecule has 2 heteroatoms. The molecular formula is C34H49NS. The van der Waals surface area contributed by atoms with Crippen LogP contribution in [-0.4, -0.2) is 12.0 Å². The maximum absolute atomic E-state index is 4.45. The molecule has 36 heavy (non-hydrogen) atoms. The van der Waals surface area contributed by atoms with Crippen LogP contribution in [0.2, 0.25) is 0 Å². The minimum absolute atomic E-state index is 0.948. The maximum atomic E-state index is 4.45. The number of benzene rings is 2. The third-order valence-corrected chi connectivity index (χ3v) is 7.38. The lowest BCUT2D eigenvalue weighted by molar-refractivity contribution is 0.656. The Morgan fingerprint density at radius 3 is 2.14 bits per heavy atom. The highest BCUT2D eigenvalue weighted by Crippen LogP contribution is 2.33. The zero-order valence-corrected chi connectivity index (χ0v) is 24.8. The molecule has 0 aliphatic carbocycles. The number of thioether (sulfide) groups is 1. The molecule has 1 heterocycles. The number of allylic oxidation sites excluding steroid dienone is 4. The van der Waals surface area contributed by atoms with Crippen LogP contribution in [0.15, 0.2) is 88.4 Å². The van der Waals surface area contributed by atoms with Gasteiger partial charge in [-0.3, -0.25) is 4.99 Å². The molecular weight excluding hydrogens is 454 g/mol. The van der Waals surface area contributed by atoms with Gasteiger partial charge in [0.15, 0.2) is 0 Å². The van der Waals surface area contributed by atoms with Gasteiger partial charge in [-0.05, 0) is 67.3 Å². The Labute approximate surface area is 226 Å². The van der Waals surface area contributed by atoms with Gasteiger partial charge < -0.3 is 0 Å². The maximum Gasteiger partial charge on any atom is 0.0514 e. The summed E-state index contributed by atoms with van der Waals surface area (Å²) in [6.07, 6.45) is 18.2. The highest BCUT2D eigenvalue weighted by Gasteiger charge is 2.11. The van der Waals surface area contributed by atoms with Crippen molar-refractivity contribution in [3.05, 3.63) is 89.7 Å². The van der Waals surface area contributed by atoms with Crippen LogP contribution < -0.4 is 0 Å². The van der Waals surface area contributed by atoms with Crippen molar-refractivity contribution in [2.75, 3.05) is 6.26 Å². The molecule has 0 aromatic heterocycles. The van der Waals surface area contributed by atoms with E-state index in [9.17, 15) is 0 Å². The largest absolute Gasteiger partial charge is 0.261 e. The fourth-order valence-electron chi connectivity index (χ4n) is 3.88. The minimum Gasteiger partial charge on any atom is -0.261 e. The standard InChI is InChI=1S/C19H19NS.C8H14.C7H16/c1-3-14-13-15(18-8-6-12-20-18)10-11-16(14)17-7-4-5-9-19(17)21-2;1-5-7(3)8(4)6-2;1-3-5-7-6-4-2/h4-7,9-13H,3,8H2,1-2H3;5H,1,6H2,2-4H3;3-7H2,1-2H3/b;8-7-;. The van der Waals surface area contributed by atoms with Gasteiger partial charge in [0.25, 0.3) is 0 Å². The van der Waals surface area contributed by atoms with Crippen LogP contribution in [0.4, 0.5) is 0 Å². The van der Waals surface area contributed by atoms with Gasteiger partial charge in [-0.15, -0.1) is 11.8 Å². The number of hydrogen-bond donors (Lipinski definition) is 0. The van der Waals surface area contributed by atoms with Gasteiger partial charge in [-0.2, -0.15) is 0 Å². The van der Waals surface area contributed by atoms with E-state index >= 15 is 0 Å².